The van der Waals surface area contributed by atoms with Crippen molar-refractivity contribution in [2.75, 3.05) is 25.2 Å². The van der Waals surface area contributed by atoms with E-state index in [0.29, 0.717) is 30.8 Å². The number of likely N-dealkylation sites (tertiary alicyclic amines) is 1. The Bertz CT molecular complexity index is 1140. The molecule has 184 valence electrons. The summed E-state index contributed by atoms with van der Waals surface area (Å²) in [6, 6.07) is 1.19. The molecule has 1 fully saturated rings. The fraction of sp³-hybridized carbons (Fsp3) is 0.650. The second-order valence-electron chi connectivity index (χ2n) is 8.95. The summed E-state index contributed by atoms with van der Waals surface area (Å²) in [5.41, 5.74) is -3.29. The quantitative estimate of drug-likeness (QED) is 0.642. The SMILES string of the molecule is CC1CC2(CCN1Cc1cnn(CCS(C)(=O)=O)c1)OCC(O)(C(F)(F)F)c1cc(Cl)sc12. The van der Waals surface area contributed by atoms with Crippen molar-refractivity contribution in [2.24, 2.45) is 0 Å². The van der Waals surface area contributed by atoms with E-state index in [9.17, 15) is 26.7 Å². The van der Waals surface area contributed by atoms with Gasteiger partial charge in [-0.1, -0.05) is 11.6 Å². The number of thiophene rings is 1. The van der Waals surface area contributed by atoms with Gasteiger partial charge in [0.2, 0.25) is 5.60 Å². The molecule has 0 radical (unpaired) electrons. The first-order valence-electron chi connectivity index (χ1n) is 10.4. The van der Waals surface area contributed by atoms with Crippen LogP contribution in [0.1, 0.15) is 35.8 Å². The summed E-state index contributed by atoms with van der Waals surface area (Å²) in [6.45, 7) is 2.53. The molecule has 33 heavy (non-hydrogen) atoms. The number of fused-ring (bicyclic) bond motifs is 2. The Labute approximate surface area is 199 Å². The average molecular weight is 528 g/mol. The molecule has 3 unspecified atom stereocenters. The van der Waals surface area contributed by atoms with Crippen LogP contribution in [0, 0.1) is 0 Å². The number of piperidine rings is 1. The minimum absolute atomic E-state index is 0.00404. The van der Waals surface area contributed by atoms with Gasteiger partial charge in [0.25, 0.3) is 0 Å². The molecule has 1 spiro atoms. The largest absolute Gasteiger partial charge is 0.423 e. The highest BCUT2D eigenvalue weighted by Crippen LogP contribution is 2.55. The van der Waals surface area contributed by atoms with Gasteiger partial charge in [0.15, 0.2) is 0 Å². The van der Waals surface area contributed by atoms with Crippen molar-refractivity contribution in [2.45, 2.75) is 56.3 Å². The number of rotatable bonds is 5. The van der Waals surface area contributed by atoms with Crippen LogP contribution in [0.5, 0.6) is 0 Å². The molecule has 2 aliphatic rings. The lowest BCUT2D eigenvalue weighted by molar-refractivity contribution is -0.304. The van der Waals surface area contributed by atoms with Gasteiger partial charge in [-0.15, -0.1) is 11.3 Å². The molecule has 0 aromatic carbocycles. The normalized spacial score (nSPS) is 28.9. The zero-order valence-corrected chi connectivity index (χ0v) is 20.5. The van der Waals surface area contributed by atoms with E-state index in [4.69, 9.17) is 16.3 Å². The minimum Gasteiger partial charge on any atom is -0.375 e. The topological polar surface area (TPSA) is 84.7 Å². The monoisotopic (exact) mass is 527 g/mol. The molecule has 2 aromatic heterocycles. The second kappa shape index (κ2) is 8.49. The smallest absolute Gasteiger partial charge is 0.375 e. The molecule has 4 rings (SSSR count). The fourth-order valence-electron chi connectivity index (χ4n) is 4.56. The van der Waals surface area contributed by atoms with E-state index in [0.717, 1.165) is 16.9 Å². The molecule has 2 aliphatic heterocycles. The van der Waals surface area contributed by atoms with E-state index in [-0.39, 0.29) is 28.2 Å². The summed E-state index contributed by atoms with van der Waals surface area (Å²) in [5.74, 6) is 0.00404. The van der Waals surface area contributed by atoms with E-state index < -0.39 is 33.8 Å². The van der Waals surface area contributed by atoms with E-state index in [2.05, 4.69) is 10.00 Å². The fourth-order valence-corrected chi connectivity index (χ4v) is 6.56. The first kappa shape index (κ1) is 24.9. The van der Waals surface area contributed by atoms with Gasteiger partial charge in [0.05, 0.1) is 29.4 Å². The zero-order valence-electron chi connectivity index (χ0n) is 18.1. The van der Waals surface area contributed by atoms with Crippen LogP contribution in [0.4, 0.5) is 13.2 Å². The van der Waals surface area contributed by atoms with Gasteiger partial charge in [-0.2, -0.15) is 18.3 Å². The maximum Gasteiger partial charge on any atom is 0.423 e. The number of aryl methyl sites for hydroxylation is 1. The summed E-state index contributed by atoms with van der Waals surface area (Å²) in [6.07, 6.45) is 0.705. The van der Waals surface area contributed by atoms with Crippen LogP contribution < -0.4 is 0 Å². The number of nitrogens with zero attached hydrogens (tertiary/aromatic N) is 3. The molecular weight excluding hydrogens is 503 g/mol. The Morgan fingerprint density at radius 2 is 2.15 bits per heavy atom. The number of hydrogen-bond donors (Lipinski definition) is 1. The number of hydrogen-bond acceptors (Lipinski definition) is 7. The Morgan fingerprint density at radius 1 is 1.42 bits per heavy atom. The lowest BCUT2D eigenvalue weighted by atomic mass is 9.78. The van der Waals surface area contributed by atoms with Gasteiger partial charge in [-0.05, 0) is 25.8 Å². The first-order valence-corrected chi connectivity index (χ1v) is 13.6. The molecule has 1 N–H and O–H groups in total. The number of alkyl halides is 3. The van der Waals surface area contributed by atoms with Gasteiger partial charge in [-0.25, -0.2) is 8.42 Å². The van der Waals surface area contributed by atoms with E-state index in [1.807, 2.05) is 6.92 Å². The predicted octanol–water partition coefficient (Wildman–Crippen LogP) is 3.30. The second-order valence-corrected chi connectivity index (χ2v) is 12.9. The Hall–Kier alpha value is -1.18. The average Bonchev–Trinajstić information content (AvgIpc) is 3.31. The van der Waals surface area contributed by atoms with Crippen LogP contribution >= 0.6 is 22.9 Å². The Morgan fingerprint density at radius 3 is 2.79 bits per heavy atom. The van der Waals surface area contributed by atoms with Gasteiger partial charge in [0, 0.05) is 47.6 Å². The number of ether oxygens (including phenoxy) is 1. The number of halogens is 4. The molecule has 7 nitrogen and oxygen atoms in total. The van der Waals surface area contributed by atoms with Gasteiger partial charge in [0.1, 0.15) is 15.4 Å². The van der Waals surface area contributed by atoms with E-state index in [1.165, 1.54) is 12.3 Å². The van der Waals surface area contributed by atoms with Gasteiger partial charge in [-0.3, -0.25) is 9.58 Å². The maximum atomic E-state index is 13.7. The van der Waals surface area contributed by atoms with Crippen molar-refractivity contribution in [1.29, 1.82) is 0 Å². The Kier molecular flexibility index (Phi) is 6.41. The van der Waals surface area contributed by atoms with Gasteiger partial charge >= 0.3 is 6.18 Å². The predicted molar refractivity (Wildman–Crippen MR) is 118 cm³/mol. The summed E-state index contributed by atoms with van der Waals surface area (Å²) in [4.78, 5) is 2.53. The molecule has 0 amide bonds. The number of sulfone groups is 1. The minimum atomic E-state index is -4.88. The van der Waals surface area contributed by atoms with Crippen LogP contribution in [0.15, 0.2) is 18.5 Å². The van der Waals surface area contributed by atoms with Crippen molar-refractivity contribution in [3.05, 3.63) is 38.8 Å². The van der Waals surface area contributed by atoms with Crippen LogP contribution in [0.25, 0.3) is 0 Å². The van der Waals surface area contributed by atoms with E-state index in [1.54, 1.807) is 17.1 Å². The first-order chi connectivity index (χ1) is 15.2. The summed E-state index contributed by atoms with van der Waals surface area (Å²) in [7, 11) is -3.09. The molecule has 0 aliphatic carbocycles. The standard InChI is InChI=1S/C20H25ClF3N3O4S2/c1-13-8-18(17-15(7-16(21)32-17)19(28,12-31-18)20(22,23)24)3-4-26(13)10-14-9-25-27(11-14)5-6-33(2,29)30/h7,9,11,13,28H,3-6,8,10,12H2,1-2H3. The number of aromatic nitrogens is 2. The molecule has 4 heterocycles. The van der Waals surface area contributed by atoms with Crippen molar-refractivity contribution < 1.29 is 31.4 Å². The molecular formula is C20H25ClF3N3O4S2. The lowest BCUT2D eigenvalue weighted by Gasteiger charge is -2.50. The van der Waals surface area contributed by atoms with Crippen molar-refractivity contribution in [3.63, 3.8) is 0 Å². The zero-order chi connectivity index (χ0) is 24.2. The van der Waals surface area contributed by atoms with Gasteiger partial charge < -0.3 is 9.84 Å². The molecule has 13 heteroatoms. The van der Waals surface area contributed by atoms with Crippen molar-refractivity contribution in [1.82, 2.24) is 14.7 Å². The van der Waals surface area contributed by atoms with Crippen LogP contribution in [0.3, 0.4) is 0 Å². The van der Waals surface area contributed by atoms with Crippen LogP contribution in [-0.2, 0) is 38.9 Å². The third-order valence-electron chi connectivity index (χ3n) is 6.40. The van der Waals surface area contributed by atoms with Crippen LogP contribution in [-0.4, -0.2) is 65.6 Å². The number of aliphatic hydroxyl groups is 1. The van der Waals surface area contributed by atoms with Crippen molar-refractivity contribution >= 4 is 32.8 Å². The van der Waals surface area contributed by atoms with Crippen molar-refractivity contribution in [3.8, 4) is 0 Å². The lowest BCUT2D eigenvalue weighted by Crippen LogP contribution is -2.56. The summed E-state index contributed by atoms with van der Waals surface area (Å²) < 4.78 is 71.3. The molecule has 0 bridgehead atoms. The molecule has 0 saturated carbocycles. The third kappa shape index (κ3) is 4.83. The summed E-state index contributed by atoms with van der Waals surface area (Å²) in [5, 5.41) is 14.7. The highest BCUT2D eigenvalue weighted by molar-refractivity contribution is 7.90. The molecule has 1 saturated heterocycles. The Balaban J connectivity index is 1.49. The highest BCUT2D eigenvalue weighted by Gasteiger charge is 2.62. The molecule has 3 atom stereocenters. The third-order valence-corrected chi connectivity index (χ3v) is 8.78. The summed E-state index contributed by atoms with van der Waals surface area (Å²) >= 11 is 7.12. The van der Waals surface area contributed by atoms with Crippen LogP contribution in [0.2, 0.25) is 4.34 Å². The highest BCUT2D eigenvalue weighted by atomic mass is 35.5. The van der Waals surface area contributed by atoms with E-state index >= 15 is 0 Å². The molecule has 2 aromatic rings. The maximum absolute atomic E-state index is 13.7.